The number of rotatable bonds is 5. The van der Waals surface area contributed by atoms with E-state index in [1.54, 1.807) is 6.92 Å². The molecule has 6 heteroatoms. The number of anilines is 1. The largest absolute Gasteiger partial charge is 0.465 e. The minimum atomic E-state index is -0.806. The third-order valence-corrected chi connectivity index (χ3v) is 3.99. The lowest BCUT2D eigenvalue weighted by Crippen LogP contribution is -2.25. The molecule has 0 bridgehead atoms. The van der Waals surface area contributed by atoms with Crippen molar-refractivity contribution >= 4 is 23.4 Å². The number of ether oxygens (including phenoxy) is 1. The molecule has 0 spiro atoms. The van der Waals surface area contributed by atoms with Gasteiger partial charge >= 0.3 is 5.97 Å². The van der Waals surface area contributed by atoms with E-state index in [0.717, 1.165) is 17.8 Å². The fourth-order valence-electron chi connectivity index (χ4n) is 1.45. The van der Waals surface area contributed by atoms with Crippen molar-refractivity contribution in [2.75, 3.05) is 12.3 Å². The summed E-state index contributed by atoms with van der Waals surface area (Å²) in [6.45, 7) is 5.63. The molecule has 0 aliphatic heterocycles. The zero-order valence-electron chi connectivity index (χ0n) is 11.1. The normalized spacial score (nSPS) is 12.5. The second-order valence-electron chi connectivity index (χ2n) is 4.34. The van der Waals surface area contributed by atoms with Crippen LogP contribution in [-0.2, 0) is 9.53 Å². The van der Waals surface area contributed by atoms with Crippen molar-refractivity contribution in [1.29, 1.82) is 0 Å². The van der Waals surface area contributed by atoms with E-state index in [2.05, 4.69) is 0 Å². The fraction of sp³-hybridized carbons (Fsp3) is 0.462. The summed E-state index contributed by atoms with van der Waals surface area (Å²) in [5.74, 6) is -2.00. The smallest absolute Gasteiger partial charge is 0.319 e. The van der Waals surface area contributed by atoms with Crippen molar-refractivity contribution in [1.82, 2.24) is 0 Å². The van der Waals surface area contributed by atoms with E-state index in [1.807, 2.05) is 13.8 Å². The van der Waals surface area contributed by atoms with Gasteiger partial charge in [0.1, 0.15) is 16.9 Å². The summed E-state index contributed by atoms with van der Waals surface area (Å²) in [4.78, 5) is 11.9. The number of carbonyl (C=O) groups excluding carboxylic acids is 1. The summed E-state index contributed by atoms with van der Waals surface area (Å²) < 4.78 is 31.6. The Morgan fingerprint density at radius 1 is 1.37 bits per heavy atom. The topological polar surface area (TPSA) is 52.3 Å². The molecule has 0 radical (unpaired) electrons. The minimum absolute atomic E-state index is 0.0465. The average molecular weight is 289 g/mol. The Labute approximate surface area is 115 Å². The molecule has 1 unspecified atom stereocenters. The van der Waals surface area contributed by atoms with E-state index in [1.165, 1.54) is 6.07 Å². The monoisotopic (exact) mass is 289 g/mol. The maximum atomic E-state index is 13.6. The van der Waals surface area contributed by atoms with Gasteiger partial charge in [-0.3, -0.25) is 4.79 Å². The SMILES string of the molecule is CCOC(=O)C(Sc1cc(N)c(F)cc1F)C(C)C. The molecule has 3 nitrogen and oxygen atoms in total. The summed E-state index contributed by atoms with van der Waals surface area (Å²) in [6, 6.07) is 1.92. The highest BCUT2D eigenvalue weighted by atomic mass is 32.2. The molecule has 0 aliphatic carbocycles. The maximum Gasteiger partial charge on any atom is 0.319 e. The van der Waals surface area contributed by atoms with Gasteiger partial charge < -0.3 is 10.5 Å². The first-order valence-corrected chi connectivity index (χ1v) is 6.82. The van der Waals surface area contributed by atoms with Crippen LogP contribution in [0, 0.1) is 17.6 Å². The number of hydrogen-bond acceptors (Lipinski definition) is 4. The van der Waals surface area contributed by atoms with E-state index in [9.17, 15) is 13.6 Å². The zero-order chi connectivity index (χ0) is 14.6. The van der Waals surface area contributed by atoms with E-state index < -0.39 is 22.9 Å². The van der Waals surface area contributed by atoms with Gasteiger partial charge in [0.2, 0.25) is 0 Å². The van der Waals surface area contributed by atoms with Gasteiger partial charge in [-0.25, -0.2) is 8.78 Å². The predicted molar refractivity (Wildman–Crippen MR) is 71.9 cm³/mol. The van der Waals surface area contributed by atoms with Crippen LogP contribution in [0.4, 0.5) is 14.5 Å². The number of esters is 1. The molecule has 19 heavy (non-hydrogen) atoms. The third kappa shape index (κ3) is 4.09. The fourth-order valence-corrected chi connectivity index (χ4v) is 2.53. The molecule has 0 saturated heterocycles. The molecule has 1 rings (SSSR count). The second-order valence-corrected chi connectivity index (χ2v) is 5.52. The Hall–Kier alpha value is -1.30. The molecule has 0 amide bonds. The molecule has 0 aromatic heterocycles. The van der Waals surface area contributed by atoms with Crippen molar-refractivity contribution in [2.24, 2.45) is 5.92 Å². The van der Waals surface area contributed by atoms with Crippen molar-refractivity contribution in [3.05, 3.63) is 23.8 Å². The standard InChI is InChI=1S/C13H17F2NO2S/c1-4-18-13(17)12(7(2)3)19-11-6-10(16)8(14)5-9(11)15/h5-7,12H,4,16H2,1-3H3. The highest BCUT2D eigenvalue weighted by Gasteiger charge is 2.26. The van der Waals surface area contributed by atoms with Crippen LogP contribution in [0.15, 0.2) is 17.0 Å². The third-order valence-electron chi connectivity index (χ3n) is 2.43. The van der Waals surface area contributed by atoms with Crippen molar-refractivity contribution in [2.45, 2.75) is 30.9 Å². The summed E-state index contributed by atoms with van der Waals surface area (Å²) in [7, 11) is 0. The van der Waals surface area contributed by atoms with Gasteiger partial charge in [0.15, 0.2) is 0 Å². The van der Waals surface area contributed by atoms with Gasteiger partial charge in [-0.15, -0.1) is 11.8 Å². The van der Waals surface area contributed by atoms with Gasteiger partial charge in [0.25, 0.3) is 0 Å². The molecular weight excluding hydrogens is 272 g/mol. The van der Waals surface area contributed by atoms with Gasteiger partial charge in [-0.1, -0.05) is 13.8 Å². The van der Waals surface area contributed by atoms with Crippen LogP contribution in [-0.4, -0.2) is 17.8 Å². The number of nitrogens with two attached hydrogens (primary N) is 1. The molecule has 1 aromatic carbocycles. The van der Waals surface area contributed by atoms with Gasteiger partial charge in [0, 0.05) is 11.0 Å². The molecule has 0 aliphatic rings. The second kappa shape index (κ2) is 6.75. The Balaban J connectivity index is 2.97. The Morgan fingerprint density at radius 2 is 2.00 bits per heavy atom. The summed E-state index contributed by atoms with van der Waals surface area (Å²) in [6.07, 6.45) is 0. The summed E-state index contributed by atoms with van der Waals surface area (Å²) in [5.41, 5.74) is 5.26. The molecular formula is C13H17F2NO2S. The molecule has 1 atom stereocenters. The van der Waals surface area contributed by atoms with Gasteiger partial charge in [-0.2, -0.15) is 0 Å². The van der Waals surface area contributed by atoms with Crippen LogP contribution in [0.1, 0.15) is 20.8 Å². The van der Waals surface area contributed by atoms with Crippen LogP contribution in [0.3, 0.4) is 0 Å². The van der Waals surface area contributed by atoms with E-state index in [-0.39, 0.29) is 23.1 Å². The molecule has 1 aromatic rings. The van der Waals surface area contributed by atoms with E-state index in [4.69, 9.17) is 10.5 Å². The number of halogens is 2. The van der Waals surface area contributed by atoms with Crippen LogP contribution >= 0.6 is 11.8 Å². The van der Waals surface area contributed by atoms with Gasteiger partial charge in [0.05, 0.1) is 12.3 Å². The summed E-state index contributed by atoms with van der Waals surface area (Å²) >= 11 is 0.998. The molecule has 0 heterocycles. The lowest BCUT2D eigenvalue weighted by Gasteiger charge is -2.19. The van der Waals surface area contributed by atoms with E-state index >= 15 is 0 Å². The van der Waals surface area contributed by atoms with Crippen molar-refractivity contribution in [3.8, 4) is 0 Å². The zero-order valence-corrected chi connectivity index (χ0v) is 11.9. The van der Waals surface area contributed by atoms with Crippen LogP contribution in [0.25, 0.3) is 0 Å². The van der Waals surface area contributed by atoms with Crippen molar-refractivity contribution in [3.63, 3.8) is 0 Å². The molecule has 0 saturated carbocycles. The Morgan fingerprint density at radius 3 is 2.53 bits per heavy atom. The quantitative estimate of drug-likeness (QED) is 0.513. The minimum Gasteiger partial charge on any atom is -0.465 e. The van der Waals surface area contributed by atoms with Crippen LogP contribution in [0.2, 0.25) is 0 Å². The first kappa shape index (κ1) is 15.8. The summed E-state index contributed by atoms with van der Waals surface area (Å²) in [5, 5.41) is -0.556. The predicted octanol–water partition coefficient (Wildman–Crippen LogP) is 3.23. The Bertz CT molecular complexity index is 466. The van der Waals surface area contributed by atoms with E-state index in [0.29, 0.717) is 0 Å². The number of benzene rings is 1. The van der Waals surface area contributed by atoms with Crippen molar-refractivity contribution < 1.29 is 18.3 Å². The molecule has 106 valence electrons. The first-order chi connectivity index (χ1) is 8.86. The number of nitrogen functional groups attached to an aromatic ring is 1. The lowest BCUT2D eigenvalue weighted by molar-refractivity contribution is -0.143. The number of thioether (sulfide) groups is 1. The van der Waals surface area contributed by atoms with Gasteiger partial charge in [-0.05, 0) is 18.9 Å². The Kier molecular flexibility index (Phi) is 5.60. The lowest BCUT2D eigenvalue weighted by atomic mass is 10.1. The van der Waals surface area contributed by atoms with Crippen LogP contribution < -0.4 is 5.73 Å². The first-order valence-electron chi connectivity index (χ1n) is 5.94. The van der Waals surface area contributed by atoms with Crippen LogP contribution in [0.5, 0.6) is 0 Å². The molecule has 0 fully saturated rings. The average Bonchev–Trinajstić information content (AvgIpc) is 2.31. The highest BCUT2D eigenvalue weighted by Crippen LogP contribution is 2.33. The highest BCUT2D eigenvalue weighted by molar-refractivity contribution is 8.00. The number of carbonyl (C=O) groups is 1. The molecule has 2 N–H and O–H groups in total. The maximum absolute atomic E-state index is 13.6. The number of hydrogen-bond donors (Lipinski definition) is 1.